The van der Waals surface area contributed by atoms with Crippen molar-refractivity contribution in [2.75, 3.05) is 12.3 Å². The summed E-state index contributed by atoms with van der Waals surface area (Å²) in [5, 5.41) is 6.25. The number of piperidine rings is 1. The van der Waals surface area contributed by atoms with E-state index in [2.05, 4.69) is 16.8 Å². The third-order valence-electron chi connectivity index (χ3n) is 3.53. The normalized spacial score (nSPS) is 21.7. The second-order valence-electron chi connectivity index (χ2n) is 5.19. The summed E-state index contributed by atoms with van der Waals surface area (Å²) < 4.78 is 22.6. The molecule has 108 valence electrons. The highest BCUT2D eigenvalue weighted by Gasteiger charge is 2.26. The van der Waals surface area contributed by atoms with E-state index in [0.29, 0.717) is 0 Å². The summed E-state index contributed by atoms with van der Waals surface area (Å²) in [6.45, 7) is 5.73. The highest BCUT2D eigenvalue weighted by Crippen LogP contribution is 2.23. The van der Waals surface area contributed by atoms with Gasteiger partial charge in [0.05, 0.1) is 16.5 Å². The molecule has 1 fully saturated rings. The molecule has 2 N–H and O–H groups in total. The Hall–Kier alpha value is -0.500. The molecule has 1 unspecified atom stereocenters. The average molecular weight is 303 g/mol. The summed E-state index contributed by atoms with van der Waals surface area (Å²) in [6, 6.07) is 0.0326. The number of nitrogens with two attached hydrogens (primary N) is 1. The first kappa shape index (κ1) is 14.9. The van der Waals surface area contributed by atoms with Gasteiger partial charge < -0.3 is 0 Å². The maximum atomic E-state index is 11.3. The van der Waals surface area contributed by atoms with Crippen LogP contribution in [0.25, 0.3) is 0 Å². The smallest absolute Gasteiger partial charge is 0.210 e. The lowest BCUT2D eigenvalue weighted by molar-refractivity contribution is 0.152. The van der Waals surface area contributed by atoms with Crippen LogP contribution in [0.1, 0.15) is 34.8 Å². The molecule has 1 aliphatic heterocycles. The van der Waals surface area contributed by atoms with E-state index < -0.39 is 10.0 Å². The van der Waals surface area contributed by atoms with Crippen LogP contribution in [-0.4, -0.2) is 36.6 Å². The van der Waals surface area contributed by atoms with Gasteiger partial charge in [-0.05, 0) is 33.2 Å². The third kappa shape index (κ3) is 4.24. The zero-order valence-electron chi connectivity index (χ0n) is 11.4. The van der Waals surface area contributed by atoms with Gasteiger partial charge in [-0.2, -0.15) is 0 Å². The second kappa shape index (κ2) is 5.87. The first-order valence-corrected chi connectivity index (χ1v) is 9.06. The van der Waals surface area contributed by atoms with E-state index in [4.69, 9.17) is 5.14 Å². The molecule has 5 nitrogen and oxygen atoms in total. The molecule has 0 aliphatic carbocycles. The molecule has 0 spiro atoms. The predicted molar refractivity (Wildman–Crippen MR) is 77.6 cm³/mol. The Balaban J connectivity index is 2.09. The van der Waals surface area contributed by atoms with Crippen molar-refractivity contribution in [3.63, 3.8) is 0 Å². The van der Waals surface area contributed by atoms with Crippen molar-refractivity contribution in [3.8, 4) is 0 Å². The molecule has 19 heavy (non-hydrogen) atoms. The summed E-state index contributed by atoms with van der Waals surface area (Å²) in [7, 11) is -3.41. The Morgan fingerprint density at radius 3 is 2.74 bits per heavy atom. The lowest BCUT2D eigenvalue weighted by atomic mass is 10.0. The van der Waals surface area contributed by atoms with Crippen LogP contribution in [0.15, 0.2) is 0 Å². The Kier molecular flexibility index (Phi) is 4.60. The van der Waals surface area contributed by atoms with Gasteiger partial charge in [0.25, 0.3) is 0 Å². The first-order chi connectivity index (χ1) is 8.85. The summed E-state index contributed by atoms with van der Waals surface area (Å²) in [5.41, 5.74) is 1.07. The lowest BCUT2D eigenvalue weighted by Crippen LogP contribution is -2.44. The second-order valence-corrected chi connectivity index (χ2v) is 8.25. The van der Waals surface area contributed by atoms with E-state index in [-0.39, 0.29) is 11.8 Å². The Morgan fingerprint density at radius 1 is 1.42 bits per heavy atom. The molecular formula is C12H21N3O2S2. The maximum Gasteiger partial charge on any atom is 0.210 e. The van der Waals surface area contributed by atoms with Crippen LogP contribution >= 0.6 is 11.3 Å². The van der Waals surface area contributed by atoms with Gasteiger partial charge >= 0.3 is 0 Å². The molecule has 1 aliphatic rings. The first-order valence-electron chi connectivity index (χ1n) is 6.52. The number of hydrogen-bond acceptors (Lipinski definition) is 5. The van der Waals surface area contributed by atoms with Crippen molar-refractivity contribution in [1.82, 2.24) is 9.88 Å². The van der Waals surface area contributed by atoms with E-state index >= 15 is 0 Å². The Labute approximate surface area is 118 Å². The van der Waals surface area contributed by atoms with Crippen molar-refractivity contribution >= 4 is 21.4 Å². The van der Waals surface area contributed by atoms with Crippen molar-refractivity contribution in [2.45, 2.75) is 45.7 Å². The number of primary sulfonamides is 1. The molecule has 1 aromatic rings. The van der Waals surface area contributed by atoms with Crippen LogP contribution in [-0.2, 0) is 16.6 Å². The van der Waals surface area contributed by atoms with Gasteiger partial charge in [0, 0.05) is 17.5 Å². The topological polar surface area (TPSA) is 76.3 Å². The summed E-state index contributed by atoms with van der Waals surface area (Å²) in [4.78, 5) is 7.97. The number of rotatable bonds is 4. The zero-order valence-corrected chi connectivity index (χ0v) is 13.1. The van der Waals surface area contributed by atoms with Crippen molar-refractivity contribution in [1.29, 1.82) is 0 Å². The average Bonchev–Trinajstić information content (AvgIpc) is 2.58. The van der Waals surface area contributed by atoms with Gasteiger partial charge in [-0.25, -0.2) is 18.5 Å². The highest BCUT2D eigenvalue weighted by atomic mass is 32.2. The Morgan fingerprint density at radius 2 is 2.16 bits per heavy atom. The minimum absolute atomic E-state index is 0.0326. The summed E-state index contributed by atoms with van der Waals surface area (Å²) in [5.74, 6) is 0.0508. The van der Waals surface area contributed by atoms with Gasteiger partial charge in [0.1, 0.15) is 0 Å². The predicted octanol–water partition coefficient (Wildman–Crippen LogP) is 1.40. The highest BCUT2D eigenvalue weighted by molar-refractivity contribution is 7.89. The fraction of sp³-hybridized carbons (Fsp3) is 0.750. The number of thiazole rings is 1. The van der Waals surface area contributed by atoms with E-state index in [1.165, 1.54) is 4.88 Å². The Bertz CT molecular complexity index is 539. The number of nitrogens with zero attached hydrogens (tertiary/aromatic N) is 2. The van der Waals surface area contributed by atoms with Gasteiger partial charge in [0.15, 0.2) is 0 Å². The van der Waals surface area contributed by atoms with Gasteiger partial charge in [0.2, 0.25) is 10.0 Å². The molecule has 7 heteroatoms. The van der Waals surface area contributed by atoms with Crippen LogP contribution < -0.4 is 5.14 Å². The standard InChI is InChI=1S/C12H21N3O2S2/c1-9-12(14-10(2)18-9)7-15-6-4-3-5-11(15)8-19(13,16)17/h11H,3-8H2,1-2H3,(H2,13,16,17). The van der Waals surface area contributed by atoms with Crippen molar-refractivity contribution in [3.05, 3.63) is 15.6 Å². The molecule has 1 atom stereocenters. The van der Waals surface area contributed by atoms with Crippen LogP contribution in [0.4, 0.5) is 0 Å². The minimum Gasteiger partial charge on any atom is -0.293 e. The van der Waals surface area contributed by atoms with Gasteiger partial charge in [-0.3, -0.25) is 4.90 Å². The number of likely N-dealkylation sites (tertiary alicyclic amines) is 1. The third-order valence-corrected chi connectivity index (χ3v) is 5.30. The van der Waals surface area contributed by atoms with Crippen LogP contribution in [0.2, 0.25) is 0 Å². The lowest BCUT2D eigenvalue weighted by Gasteiger charge is -2.34. The van der Waals surface area contributed by atoms with Gasteiger partial charge in [-0.15, -0.1) is 11.3 Å². The number of hydrogen-bond donors (Lipinski definition) is 1. The SMILES string of the molecule is Cc1nc(CN2CCCCC2CS(N)(=O)=O)c(C)s1. The number of aryl methyl sites for hydroxylation is 2. The molecule has 0 amide bonds. The van der Waals surface area contributed by atoms with Crippen molar-refractivity contribution in [2.24, 2.45) is 5.14 Å². The molecule has 2 heterocycles. The van der Waals surface area contributed by atoms with Crippen molar-refractivity contribution < 1.29 is 8.42 Å². The van der Waals surface area contributed by atoms with Crippen LogP contribution in [0, 0.1) is 13.8 Å². The van der Waals surface area contributed by atoms with E-state index in [1.807, 2.05) is 6.92 Å². The maximum absolute atomic E-state index is 11.3. The zero-order chi connectivity index (χ0) is 14.0. The molecule has 0 aromatic carbocycles. The summed E-state index contributed by atoms with van der Waals surface area (Å²) in [6.07, 6.45) is 3.09. The monoisotopic (exact) mass is 303 g/mol. The summed E-state index contributed by atoms with van der Waals surface area (Å²) >= 11 is 1.69. The fourth-order valence-electron chi connectivity index (χ4n) is 2.64. The molecule has 2 rings (SSSR count). The largest absolute Gasteiger partial charge is 0.293 e. The molecular weight excluding hydrogens is 282 g/mol. The van der Waals surface area contributed by atoms with Gasteiger partial charge in [-0.1, -0.05) is 6.42 Å². The number of sulfonamides is 1. The molecule has 0 saturated carbocycles. The van der Waals surface area contributed by atoms with E-state index in [1.54, 1.807) is 11.3 Å². The molecule has 1 saturated heterocycles. The fourth-order valence-corrected chi connectivity index (χ4v) is 4.38. The minimum atomic E-state index is -3.41. The van der Waals surface area contributed by atoms with Crippen LogP contribution in [0.5, 0.6) is 0 Å². The molecule has 0 bridgehead atoms. The molecule has 1 aromatic heterocycles. The van der Waals surface area contributed by atoms with E-state index in [9.17, 15) is 8.42 Å². The van der Waals surface area contributed by atoms with Crippen LogP contribution in [0.3, 0.4) is 0 Å². The molecule has 0 radical (unpaired) electrons. The van der Waals surface area contributed by atoms with E-state index in [0.717, 1.165) is 43.1 Å². The quantitative estimate of drug-likeness (QED) is 0.912. The number of aromatic nitrogens is 1.